The fourth-order valence-electron chi connectivity index (χ4n) is 3.01. The van der Waals surface area contributed by atoms with Crippen LogP contribution >= 0.6 is 39.3 Å². The van der Waals surface area contributed by atoms with Gasteiger partial charge in [-0.2, -0.15) is 0 Å². The van der Waals surface area contributed by atoms with Crippen LogP contribution in [0.3, 0.4) is 0 Å². The van der Waals surface area contributed by atoms with Crippen molar-refractivity contribution < 1.29 is 9.53 Å². The summed E-state index contributed by atoms with van der Waals surface area (Å²) in [6.07, 6.45) is 0. The maximum absolute atomic E-state index is 12.6. The van der Waals surface area contributed by atoms with Gasteiger partial charge in [-0.05, 0) is 61.4 Å². The smallest absolute Gasteiger partial charge is 0.234 e. The van der Waals surface area contributed by atoms with Gasteiger partial charge in [-0.25, -0.2) is 0 Å². The van der Waals surface area contributed by atoms with Crippen molar-refractivity contribution in [2.45, 2.75) is 25.5 Å². The number of nitrogens with zero attached hydrogens (tertiary/aromatic N) is 3. The van der Waals surface area contributed by atoms with E-state index in [0.717, 1.165) is 26.9 Å². The molecule has 0 fully saturated rings. The molecule has 1 heterocycles. The van der Waals surface area contributed by atoms with Gasteiger partial charge in [0.05, 0.1) is 18.9 Å². The number of carbonyl (C=O) groups is 1. The van der Waals surface area contributed by atoms with Crippen LogP contribution in [0.4, 0.5) is 5.69 Å². The summed E-state index contributed by atoms with van der Waals surface area (Å²) >= 11 is 10.8. The second-order valence-corrected chi connectivity index (χ2v) is 9.00. The van der Waals surface area contributed by atoms with Crippen molar-refractivity contribution in [1.29, 1.82) is 0 Å². The third kappa shape index (κ3) is 5.63. The third-order valence-electron chi connectivity index (χ3n) is 4.43. The Morgan fingerprint density at radius 1 is 1.20 bits per heavy atom. The first-order chi connectivity index (χ1) is 14.4. The number of anilines is 1. The number of hydrogen-bond donors (Lipinski definition) is 1. The molecule has 6 nitrogen and oxygen atoms in total. The zero-order valence-electron chi connectivity index (χ0n) is 16.9. The van der Waals surface area contributed by atoms with E-state index >= 15 is 0 Å². The minimum absolute atomic E-state index is 0.0946. The molecule has 0 saturated carbocycles. The topological polar surface area (TPSA) is 69.0 Å². The second kappa shape index (κ2) is 10.4. The van der Waals surface area contributed by atoms with Gasteiger partial charge in [-0.1, -0.05) is 39.3 Å². The fraction of sp³-hybridized carbons (Fsp3) is 0.286. The standard InChI is InChI=1S/C21H22BrClN4O2S/c1-13-10-16(22)11-14(2)19(13)24-18(28)12-30-21-26-25-20(27(21)8-9-29-3)15-4-6-17(23)7-5-15/h4-7,10-11H,8-9,12H2,1-3H3,(H,24,28). The number of benzene rings is 2. The normalized spacial score (nSPS) is 11.0. The zero-order valence-corrected chi connectivity index (χ0v) is 20.1. The van der Waals surface area contributed by atoms with Gasteiger partial charge in [0.2, 0.25) is 5.91 Å². The quantitative estimate of drug-likeness (QED) is 0.414. The number of ether oxygens (including phenoxy) is 1. The summed E-state index contributed by atoms with van der Waals surface area (Å²) in [5, 5.41) is 12.9. The Hall–Kier alpha value is -1.87. The maximum Gasteiger partial charge on any atom is 0.234 e. The summed E-state index contributed by atoms with van der Waals surface area (Å²) in [4.78, 5) is 12.6. The number of amides is 1. The van der Waals surface area contributed by atoms with Crippen LogP contribution in [0.1, 0.15) is 11.1 Å². The molecule has 0 aliphatic heterocycles. The summed E-state index contributed by atoms with van der Waals surface area (Å²) in [7, 11) is 1.65. The first-order valence-electron chi connectivity index (χ1n) is 9.26. The molecular weight excluding hydrogens is 488 g/mol. The molecule has 0 radical (unpaired) electrons. The summed E-state index contributed by atoms with van der Waals surface area (Å²) < 4.78 is 8.18. The Balaban J connectivity index is 1.74. The predicted octanol–water partition coefficient (Wildman–Crippen LogP) is 5.36. The van der Waals surface area contributed by atoms with Crippen LogP contribution in [0.5, 0.6) is 0 Å². The van der Waals surface area contributed by atoms with Crippen molar-refractivity contribution >= 4 is 50.9 Å². The fourth-order valence-corrected chi connectivity index (χ4v) is 4.58. The molecule has 3 aromatic rings. The molecule has 0 saturated heterocycles. The lowest BCUT2D eigenvalue weighted by Crippen LogP contribution is -2.16. The van der Waals surface area contributed by atoms with Gasteiger partial charge in [-0.15, -0.1) is 10.2 Å². The Kier molecular flexibility index (Phi) is 7.93. The van der Waals surface area contributed by atoms with Gasteiger partial charge >= 0.3 is 0 Å². The molecule has 9 heteroatoms. The second-order valence-electron chi connectivity index (χ2n) is 6.71. The summed E-state index contributed by atoms with van der Waals surface area (Å²) in [6.45, 7) is 5.03. The van der Waals surface area contributed by atoms with Gasteiger partial charge < -0.3 is 10.1 Å². The highest BCUT2D eigenvalue weighted by Crippen LogP contribution is 2.27. The van der Waals surface area contributed by atoms with Gasteiger partial charge in [0.15, 0.2) is 11.0 Å². The van der Waals surface area contributed by atoms with Crippen molar-refractivity contribution in [3.8, 4) is 11.4 Å². The zero-order chi connectivity index (χ0) is 21.7. The van der Waals surface area contributed by atoms with E-state index in [0.29, 0.717) is 29.2 Å². The van der Waals surface area contributed by atoms with E-state index in [9.17, 15) is 4.79 Å². The average molecular weight is 510 g/mol. The molecule has 2 aromatic carbocycles. The number of thioether (sulfide) groups is 1. The molecule has 158 valence electrons. The molecule has 1 N–H and O–H groups in total. The van der Waals surface area contributed by atoms with Crippen molar-refractivity contribution in [2.75, 3.05) is 24.8 Å². The van der Waals surface area contributed by atoms with E-state index in [1.807, 2.05) is 54.8 Å². The molecule has 0 atom stereocenters. The number of rotatable bonds is 8. The molecule has 0 bridgehead atoms. The molecular formula is C21H22BrClN4O2S. The van der Waals surface area contributed by atoms with Crippen LogP contribution in [0.15, 0.2) is 46.0 Å². The van der Waals surface area contributed by atoms with E-state index in [-0.39, 0.29) is 11.7 Å². The van der Waals surface area contributed by atoms with Crippen LogP contribution in [-0.2, 0) is 16.1 Å². The summed E-state index contributed by atoms with van der Waals surface area (Å²) in [5.74, 6) is 0.842. The van der Waals surface area contributed by atoms with Crippen LogP contribution in [0.25, 0.3) is 11.4 Å². The number of halogens is 2. The first-order valence-corrected chi connectivity index (χ1v) is 11.4. The third-order valence-corrected chi connectivity index (χ3v) is 6.11. The molecule has 1 aromatic heterocycles. The van der Waals surface area contributed by atoms with E-state index in [2.05, 4.69) is 31.4 Å². The number of aryl methyl sites for hydroxylation is 2. The lowest BCUT2D eigenvalue weighted by atomic mass is 10.1. The van der Waals surface area contributed by atoms with E-state index in [1.165, 1.54) is 11.8 Å². The molecule has 0 aliphatic carbocycles. The highest BCUT2D eigenvalue weighted by Gasteiger charge is 2.16. The Morgan fingerprint density at radius 2 is 1.87 bits per heavy atom. The Morgan fingerprint density at radius 3 is 2.50 bits per heavy atom. The van der Waals surface area contributed by atoms with Crippen molar-refractivity contribution in [1.82, 2.24) is 14.8 Å². The maximum atomic E-state index is 12.6. The Bertz CT molecular complexity index is 1020. The SMILES string of the molecule is COCCn1c(SCC(=O)Nc2c(C)cc(Br)cc2C)nnc1-c1ccc(Cl)cc1. The number of methoxy groups -OCH3 is 1. The van der Waals surface area contributed by atoms with Gasteiger partial charge in [-0.3, -0.25) is 9.36 Å². The monoisotopic (exact) mass is 508 g/mol. The van der Waals surface area contributed by atoms with Crippen LogP contribution in [0, 0.1) is 13.8 Å². The number of hydrogen-bond acceptors (Lipinski definition) is 5. The van der Waals surface area contributed by atoms with Crippen molar-refractivity contribution in [3.05, 3.63) is 57.0 Å². The van der Waals surface area contributed by atoms with Crippen LogP contribution in [-0.4, -0.2) is 40.1 Å². The molecule has 1 amide bonds. The van der Waals surface area contributed by atoms with E-state index < -0.39 is 0 Å². The number of aromatic nitrogens is 3. The lowest BCUT2D eigenvalue weighted by molar-refractivity contribution is -0.113. The molecule has 30 heavy (non-hydrogen) atoms. The number of nitrogens with one attached hydrogen (secondary N) is 1. The molecule has 0 aliphatic rings. The van der Waals surface area contributed by atoms with Crippen LogP contribution in [0.2, 0.25) is 5.02 Å². The van der Waals surface area contributed by atoms with Crippen molar-refractivity contribution in [2.24, 2.45) is 0 Å². The minimum Gasteiger partial charge on any atom is -0.383 e. The summed E-state index contributed by atoms with van der Waals surface area (Å²) in [6, 6.07) is 11.4. The van der Waals surface area contributed by atoms with E-state index in [1.54, 1.807) is 7.11 Å². The van der Waals surface area contributed by atoms with Gasteiger partial charge in [0.25, 0.3) is 0 Å². The molecule has 0 unspecified atom stereocenters. The lowest BCUT2D eigenvalue weighted by Gasteiger charge is -2.13. The van der Waals surface area contributed by atoms with Crippen LogP contribution < -0.4 is 5.32 Å². The largest absolute Gasteiger partial charge is 0.383 e. The van der Waals surface area contributed by atoms with Gasteiger partial charge in [0, 0.05) is 27.9 Å². The van der Waals surface area contributed by atoms with Crippen molar-refractivity contribution in [3.63, 3.8) is 0 Å². The summed E-state index contributed by atoms with van der Waals surface area (Å²) in [5.41, 5.74) is 3.76. The van der Waals surface area contributed by atoms with E-state index in [4.69, 9.17) is 16.3 Å². The highest BCUT2D eigenvalue weighted by molar-refractivity contribution is 9.10. The Labute approximate surface area is 193 Å². The minimum atomic E-state index is -0.0946. The average Bonchev–Trinajstić information content (AvgIpc) is 3.10. The first kappa shape index (κ1) is 22.8. The predicted molar refractivity (Wildman–Crippen MR) is 125 cm³/mol. The molecule has 0 spiro atoms. The molecule has 3 rings (SSSR count). The highest BCUT2D eigenvalue weighted by atomic mass is 79.9. The van der Waals surface area contributed by atoms with Gasteiger partial charge in [0.1, 0.15) is 0 Å². The number of carbonyl (C=O) groups excluding carboxylic acids is 1.